The average Bonchev–Trinajstić information content (AvgIpc) is 2.82. The standard InChI is InChI=1S/C10H11BrClN3OS/c1-6-14-9(15-16-6)2-3-13-5-7-4-8(11)10(12)17-7/h4,13H,2-3,5H2,1H3. The third kappa shape index (κ3) is 3.77. The Balaban J connectivity index is 1.73. The van der Waals surface area contributed by atoms with E-state index in [1.807, 2.05) is 6.07 Å². The molecule has 2 aromatic rings. The molecule has 0 spiro atoms. The van der Waals surface area contributed by atoms with Crippen molar-refractivity contribution >= 4 is 38.9 Å². The minimum absolute atomic E-state index is 0.606. The smallest absolute Gasteiger partial charge is 0.223 e. The number of thiophene rings is 1. The topological polar surface area (TPSA) is 51.0 Å². The van der Waals surface area contributed by atoms with Gasteiger partial charge in [0.2, 0.25) is 5.89 Å². The molecular formula is C10H11BrClN3OS. The quantitative estimate of drug-likeness (QED) is 0.852. The third-order valence-corrected chi connectivity index (χ3v) is 4.57. The normalized spacial score (nSPS) is 11.0. The second-order valence-electron chi connectivity index (χ2n) is 3.49. The van der Waals surface area contributed by atoms with Crippen LogP contribution in [0.3, 0.4) is 0 Å². The van der Waals surface area contributed by atoms with E-state index in [0.717, 1.165) is 34.1 Å². The molecule has 0 amide bonds. The zero-order valence-electron chi connectivity index (χ0n) is 9.17. The van der Waals surface area contributed by atoms with E-state index in [1.165, 1.54) is 4.88 Å². The summed E-state index contributed by atoms with van der Waals surface area (Å²) in [5.74, 6) is 1.34. The minimum atomic E-state index is 0.606. The molecule has 7 heteroatoms. The van der Waals surface area contributed by atoms with E-state index < -0.39 is 0 Å². The summed E-state index contributed by atoms with van der Waals surface area (Å²) in [6.45, 7) is 3.40. The maximum Gasteiger partial charge on any atom is 0.223 e. The van der Waals surface area contributed by atoms with Gasteiger partial charge in [-0.15, -0.1) is 11.3 Å². The van der Waals surface area contributed by atoms with Gasteiger partial charge in [0.05, 0.1) is 0 Å². The van der Waals surface area contributed by atoms with Crippen molar-refractivity contribution in [2.75, 3.05) is 6.54 Å². The molecular weight excluding hydrogens is 326 g/mol. The lowest BCUT2D eigenvalue weighted by Gasteiger charge is -1.99. The molecule has 0 saturated carbocycles. The van der Waals surface area contributed by atoms with E-state index in [0.29, 0.717) is 5.89 Å². The lowest BCUT2D eigenvalue weighted by atomic mass is 10.4. The van der Waals surface area contributed by atoms with E-state index in [-0.39, 0.29) is 0 Å². The van der Waals surface area contributed by atoms with Gasteiger partial charge in [-0.1, -0.05) is 16.8 Å². The van der Waals surface area contributed by atoms with Gasteiger partial charge in [-0.3, -0.25) is 0 Å². The maximum absolute atomic E-state index is 5.95. The van der Waals surface area contributed by atoms with Gasteiger partial charge in [0.25, 0.3) is 0 Å². The van der Waals surface area contributed by atoms with Gasteiger partial charge < -0.3 is 9.84 Å². The van der Waals surface area contributed by atoms with E-state index in [4.69, 9.17) is 16.1 Å². The van der Waals surface area contributed by atoms with Crippen LogP contribution >= 0.6 is 38.9 Å². The molecule has 0 bridgehead atoms. The second kappa shape index (κ2) is 5.95. The Bertz CT molecular complexity index is 480. The molecule has 1 N–H and O–H groups in total. The first kappa shape index (κ1) is 13.0. The summed E-state index contributed by atoms with van der Waals surface area (Å²) in [7, 11) is 0. The van der Waals surface area contributed by atoms with Crippen molar-refractivity contribution in [3.63, 3.8) is 0 Å². The van der Waals surface area contributed by atoms with E-state index >= 15 is 0 Å². The first-order chi connectivity index (χ1) is 8.15. The van der Waals surface area contributed by atoms with Crippen LogP contribution in [0.1, 0.15) is 16.6 Å². The van der Waals surface area contributed by atoms with Crippen molar-refractivity contribution < 1.29 is 4.52 Å². The molecule has 0 fully saturated rings. The number of rotatable bonds is 5. The molecule has 0 saturated heterocycles. The molecule has 0 aromatic carbocycles. The van der Waals surface area contributed by atoms with Gasteiger partial charge in [0.15, 0.2) is 5.82 Å². The molecule has 4 nitrogen and oxygen atoms in total. The third-order valence-electron chi connectivity index (χ3n) is 2.09. The number of hydrogen-bond donors (Lipinski definition) is 1. The molecule has 0 aliphatic rings. The number of halogens is 2. The van der Waals surface area contributed by atoms with Crippen molar-refractivity contribution in [2.45, 2.75) is 19.9 Å². The van der Waals surface area contributed by atoms with Crippen LogP contribution in [0, 0.1) is 6.92 Å². The van der Waals surface area contributed by atoms with Gasteiger partial charge in [-0.05, 0) is 22.0 Å². The summed E-state index contributed by atoms with van der Waals surface area (Å²) in [6.07, 6.45) is 0.762. The summed E-state index contributed by atoms with van der Waals surface area (Å²) in [5, 5.41) is 7.14. The van der Waals surface area contributed by atoms with Crippen molar-refractivity contribution in [2.24, 2.45) is 0 Å². The van der Waals surface area contributed by atoms with Crippen LogP contribution in [0.4, 0.5) is 0 Å². The van der Waals surface area contributed by atoms with Crippen LogP contribution in [0.15, 0.2) is 15.1 Å². The first-order valence-electron chi connectivity index (χ1n) is 5.09. The van der Waals surface area contributed by atoms with Crippen LogP contribution in [0.5, 0.6) is 0 Å². The summed E-state index contributed by atoms with van der Waals surface area (Å²) < 4.78 is 6.63. The van der Waals surface area contributed by atoms with E-state index in [2.05, 4.69) is 31.4 Å². The SMILES string of the molecule is Cc1nc(CCNCc2cc(Br)c(Cl)s2)no1. The van der Waals surface area contributed by atoms with E-state index in [1.54, 1.807) is 18.3 Å². The molecule has 2 rings (SSSR count). The Labute approximate surface area is 116 Å². The van der Waals surface area contributed by atoms with Gasteiger partial charge in [0, 0.05) is 35.8 Å². The largest absolute Gasteiger partial charge is 0.340 e. The average molecular weight is 337 g/mol. The predicted octanol–water partition coefficient (Wildman–Crippen LogP) is 3.19. The number of nitrogens with zero attached hydrogens (tertiary/aromatic N) is 2. The van der Waals surface area contributed by atoms with Gasteiger partial charge >= 0.3 is 0 Å². The Morgan fingerprint density at radius 2 is 2.41 bits per heavy atom. The summed E-state index contributed by atoms with van der Waals surface area (Å²) in [5.41, 5.74) is 0. The van der Waals surface area contributed by atoms with E-state index in [9.17, 15) is 0 Å². The number of aromatic nitrogens is 2. The Kier molecular flexibility index (Phi) is 4.55. The molecule has 0 aliphatic heterocycles. The molecule has 2 aromatic heterocycles. The molecule has 0 unspecified atom stereocenters. The van der Waals surface area contributed by atoms with Crippen LogP contribution in [-0.2, 0) is 13.0 Å². The highest BCUT2D eigenvalue weighted by molar-refractivity contribution is 9.10. The summed E-state index contributed by atoms with van der Waals surface area (Å²) in [4.78, 5) is 5.33. The maximum atomic E-state index is 5.95. The lowest BCUT2D eigenvalue weighted by Crippen LogP contribution is -2.16. The molecule has 0 aliphatic carbocycles. The highest BCUT2D eigenvalue weighted by atomic mass is 79.9. The Morgan fingerprint density at radius 3 is 3.00 bits per heavy atom. The van der Waals surface area contributed by atoms with Crippen LogP contribution in [0.25, 0.3) is 0 Å². The van der Waals surface area contributed by atoms with Crippen molar-refractivity contribution in [3.05, 3.63) is 31.5 Å². The highest BCUT2D eigenvalue weighted by Crippen LogP contribution is 2.31. The highest BCUT2D eigenvalue weighted by Gasteiger charge is 2.05. The predicted molar refractivity (Wildman–Crippen MR) is 71.5 cm³/mol. The molecule has 0 atom stereocenters. The monoisotopic (exact) mass is 335 g/mol. The lowest BCUT2D eigenvalue weighted by molar-refractivity contribution is 0.387. The summed E-state index contributed by atoms with van der Waals surface area (Å²) >= 11 is 10.9. The Hall–Kier alpha value is -0.430. The fraction of sp³-hybridized carbons (Fsp3) is 0.400. The fourth-order valence-corrected chi connectivity index (χ4v) is 3.09. The molecule has 92 valence electrons. The van der Waals surface area contributed by atoms with Gasteiger partial charge in [0.1, 0.15) is 4.34 Å². The first-order valence-corrected chi connectivity index (χ1v) is 7.07. The second-order valence-corrected chi connectivity index (χ2v) is 6.08. The van der Waals surface area contributed by atoms with Crippen molar-refractivity contribution in [1.82, 2.24) is 15.5 Å². The minimum Gasteiger partial charge on any atom is -0.340 e. The zero-order valence-corrected chi connectivity index (χ0v) is 12.3. The van der Waals surface area contributed by atoms with Crippen molar-refractivity contribution in [1.29, 1.82) is 0 Å². The van der Waals surface area contributed by atoms with Crippen LogP contribution in [0.2, 0.25) is 4.34 Å². The van der Waals surface area contributed by atoms with Crippen LogP contribution < -0.4 is 5.32 Å². The zero-order chi connectivity index (χ0) is 12.3. The number of aryl methyl sites for hydroxylation is 1. The van der Waals surface area contributed by atoms with Gasteiger partial charge in [-0.25, -0.2) is 0 Å². The van der Waals surface area contributed by atoms with Crippen molar-refractivity contribution in [3.8, 4) is 0 Å². The molecule has 0 radical (unpaired) electrons. The number of hydrogen-bond acceptors (Lipinski definition) is 5. The van der Waals surface area contributed by atoms with Gasteiger partial charge in [-0.2, -0.15) is 4.98 Å². The molecule has 17 heavy (non-hydrogen) atoms. The summed E-state index contributed by atoms with van der Waals surface area (Å²) in [6, 6.07) is 2.03. The number of nitrogens with one attached hydrogen (secondary N) is 1. The Morgan fingerprint density at radius 1 is 1.59 bits per heavy atom. The fourth-order valence-electron chi connectivity index (χ4n) is 1.33. The van der Waals surface area contributed by atoms with Crippen LogP contribution in [-0.4, -0.2) is 16.7 Å². The molecule has 2 heterocycles.